The van der Waals surface area contributed by atoms with Crippen molar-refractivity contribution >= 4 is 11.8 Å². The Bertz CT molecular complexity index is 1110. The fourth-order valence-corrected chi connectivity index (χ4v) is 3.80. The van der Waals surface area contributed by atoms with Gasteiger partial charge in [0, 0.05) is 25.2 Å². The summed E-state index contributed by atoms with van der Waals surface area (Å²) in [6.45, 7) is 8.56. The molecule has 1 aliphatic rings. The Labute approximate surface area is 219 Å². The first-order valence-corrected chi connectivity index (χ1v) is 12.2. The molecule has 0 aliphatic carbocycles. The summed E-state index contributed by atoms with van der Waals surface area (Å²) in [6, 6.07) is 11.3. The Morgan fingerprint density at radius 2 is 1.79 bits per heavy atom. The van der Waals surface area contributed by atoms with Crippen molar-refractivity contribution < 1.29 is 31.5 Å². The van der Waals surface area contributed by atoms with E-state index in [1.54, 1.807) is 41.3 Å². The smallest absolute Gasteiger partial charge is 0.414 e. The molecule has 0 aromatic heterocycles. The number of hydrogen-bond acceptors (Lipinski definition) is 4. The number of carbonyl (C=O) groups excluding carboxylic acids is 1. The Balaban J connectivity index is 0.00000247. The van der Waals surface area contributed by atoms with E-state index in [9.17, 15) is 26.7 Å². The first-order valence-electron chi connectivity index (χ1n) is 12.2. The summed E-state index contributed by atoms with van der Waals surface area (Å²) < 4.78 is 69.9. The van der Waals surface area contributed by atoms with Crippen LogP contribution >= 0.6 is 0 Å². The minimum atomic E-state index is -1.84. The average Bonchev–Trinajstić information content (AvgIpc) is 3.27. The molecule has 0 saturated carbocycles. The molecule has 1 amide bonds. The summed E-state index contributed by atoms with van der Waals surface area (Å²) in [5.41, 5.74) is 2.04. The number of amides is 1. The van der Waals surface area contributed by atoms with Gasteiger partial charge < -0.3 is 10.1 Å². The first-order chi connectivity index (χ1) is 18.3. The molecule has 38 heavy (non-hydrogen) atoms. The van der Waals surface area contributed by atoms with Gasteiger partial charge in [-0.2, -0.15) is 17.6 Å². The van der Waals surface area contributed by atoms with E-state index in [1.807, 2.05) is 13.8 Å². The van der Waals surface area contributed by atoms with Crippen molar-refractivity contribution in [1.29, 1.82) is 0 Å². The van der Waals surface area contributed by atoms with Crippen LogP contribution in [0, 0.1) is 5.82 Å². The Hall–Kier alpha value is -3.66. The van der Waals surface area contributed by atoms with Crippen LogP contribution in [0.1, 0.15) is 25.8 Å². The lowest BCUT2D eigenvalue weighted by Crippen LogP contribution is -2.28. The predicted molar refractivity (Wildman–Crippen MR) is 139 cm³/mol. The number of halogens is 5. The van der Waals surface area contributed by atoms with Gasteiger partial charge >= 0.3 is 6.09 Å². The predicted octanol–water partition coefficient (Wildman–Crippen LogP) is 7.33. The van der Waals surface area contributed by atoms with Crippen LogP contribution in [0.25, 0.3) is 11.1 Å². The lowest BCUT2D eigenvalue weighted by molar-refractivity contribution is 0.142. The Kier molecular flexibility index (Phi) is 12.5. The Morgan fingerprint density at radius 3 is 2.39 bits per heavy atom. The van der Waals surface area contributed by atoms with Crippen molar-refractivity contribution in [3.05, 3.63) is 90.9 Å². The number of cyclic esters (lactones) is 1. The maximum atomic E-state index is 15.0. The van der Waals surface area contributed by atoms with Crippen molar-refractivity contribution in [2.45, 2.75) is 32.9 Å². The monoisotopic (exact) mass is 537 g/mol. The van der Waals surface area contributed by atoms with Crippen molar-refractivity contribution in [2.24, 2.45) is 0 Å². The number of hydrogen-bond donors (Lipinski definition) is 1. The van der Waals surface area contributed by atoms with E-state index in [-0.39, 0.29) is 38.7 Å². The minimum Gasteiger partial charge on any atom is -0.442 e. The van der Waals surface area contributed by atoms with Gasteiger partial charge in [-0.15, -0.1) is 0 Å². The normalized spacial score (nSPS) is 14.4. The zero-order valence-electron chi connectivity index (χ0n) is 21.4. The SMILES string of the molecule is C=CNC[C@H]1CN(c2ccc(-c3ccc(CN(CC=C(F)F)CCC=C(F)F)cc3)c(F)c2)C(=O)O1.CC. The van der Waals surface area contributed by atoms with Gasteiger partial charge in [-0.3, -0.25) is 9.80 Å². The van der Waals surface area contributed by atoms with Crippen LogP contribution in [0.4, 0.5) is 32.4 Å². The molecule has 1 heterocycles. The molecule has 1 fully saturated rings. The third-order valence-electron chi connectivity index (χ3n) is 5.55. The molecule has 1 saturated heterocycles. The highest BCUT2D eigenvalue weighted by Crippen LogP contribution is 2.29. The van der Waals surface area contributed by atoms with Crippen molar-refractivity contribution in [2.75, 3.05) is 31.1 Å². The third-order valence-corrected chi connectivity index (χ3v) is 5.55. The second kappa shape index (κ2) is 15.6. The highest BCUT2D eigenvalue weighted by Gasteiger charge is 2.32. The second-order valence-corrected chi connectivity index (χ2v) is 8.10. The van der Waals surface area contributed by atoms with Gasteiger partial charge in [0.15, 0.2) is 0 Å². The van der Waals surface area contributed by atoms with E-state index in [0.717, 1.165) is 17.7 Å². The maximum Gasteiger partial charge on any atom is 0.414 e. The van der Waals surface area contributed by atoms with Crippen molar-refractivity contribution in [3.63, 3.8) is 0 Å². The van der Waals surface area contributed by atoms with Crippen LogP contribution in [0.3, 0.4) is 0 Å². The van der Waals surface area contributed by atoms with Crippen LogP contribution in [0.2, 0.25) is 0 Å². The van der Waals surface area contributed by atoms with Gasteiger partial charge in [0.05, 0.1) is 18.8 Å². The maximum absolute atomic E-state index is 15.0. The summed E-state index contributed by atoms with van der Waals surface area (Å²) in [7, 11) is 0. The number of nitrogens with zero attached hydrogens (tertiary/aromatic N) is 2. The molecule has 0 bridgehead atoms. The highest BCUT2D eigenvalue weighted by molar-refractivity contribution is 5.90. The van der Waals surface area contributed by atoms with Gasteiger partial charge in [-0.25, -0.2) is 9.18 Å². The van der Waals surface area contributed by atoms with Crippen molar-refractivity contribution in [3.8, 4) is 11.1 Å². The third kappa shape index (κ3) is 9.33. The zero-order valence-corrected chi connectivity index (χ0v) is 21.4. The quantitative estimate of drug-likeness (QED) is 0.288. The molecule has 0 radical (unpaired) electrons. The second-order valence-electron chi connectivity index (χ2n) is 8.10. The summed E-state index contributed by atoms with van der Waals surface area (Å²) in [5.74, 6) is -0.522. The minimum absolute atomic E-state index is 0.0236. The van der Waals surface area contributed by atoms with Gasteiger partial charge in [0.2, 0.25) is 0 Å². The molecule has 3 rings (SSSR count). The molecule has 2 aromatic rings. The van der Waals surface area contributed by atoms with Gasteiger partial charge in [0.25, 0.3) is 12.2 Å². The van der Waals surface area contributed by atoms with Crippen LogP contribution < -0.4 is 10.2 Å². The van der Waals surface area contributed by atoms with E-state index >= 15 is 0 Å². The number of carbonyl (C=O) groups is 1. The fourth-order valence-electron chi connectivity index (χ4n) is 3.80. The Morgan fingerprint density at radius 1 is 1.11 bits per heavy atom. The highest BCUT2D eigenvalue weighted by atomic mass is 19.3. The molecule has 0 spiro atoms. The van der Waals surface area contributed by atoms with E-state index in [1.165, 1.54) is 17.2 Å². The summed E-state index contributed by atoms with van der Waals surface area (Å²) in [5, 5.41) is 2.88. The van der Waals surface area contributed by atoms with Crippen LogP contribution in [-0.2, 0) is 11.3 Å². The number of anilines is 1. The molecule has 0 unspecified atom stereocenters. The van der Waals surface area contributed by atoms with Crippen LogP contribution in [0.15, 0.2) is 79.6 Å². The topological polar surface area (TPSA) is 44.8 Å². The lowest BCUT2D eigenvalue weighted by atomic mass is 10.0. The van der Waals surface area contributed by atoms with Crippen LogP contribution in [-0.4, -0.2) is 43.3 Å². The van der Waals surface area contributed by atoms with E-state index in [0.29, 0.717) is 23.4 Å². The first kappa shape index (κ1) is 30.6. The van der Waals surface area contributed by atoms with Gasteiger partial charge in [-0.1, -0.05) is 44.7 Å². The summed E-state index contributed by atoms with van der Waals surface area (Å²) in [6.07, 6.45) is -1.59. The van der Waals surface area contributed by atoms with E-state index < -0.39 is 24.1 Å². The van der Waals surface area contributed by atoms with Gasteiger partial charge in [-0.05, 0) is 54.1 Å². The molecule has 1 atom stereocenters. The molecule has 2 aromatic carbocycles. The van der Waals surface area contributed by atoms with E-state index in [2.05, 4.69) is 11.9 Å². The number of rotatable bonds is 12. The molecule has 1 aliphatic heterocycles. The number of ether oxygens (including phenoxy) is 1. The standard InChI is InChI=1S/C26H26F5N3O2.C2H6/c1-2-32-15-21-17-34(26(35)36-21)20-9-10-22(23(27)14-20)19-7-5-18(6-8-19)16-33(13-11-25(30)31)12-3-4-24(28)29;1-2/h2,4-11,14,21,32H,1,3,12-13,15-17H2;1-2H3/t21-;/m0./s1. The average molecular weight is 538 g/mol. The molecular formula is C28H32F5N3O2. The molecule has 206 valence electrons. The molecule has 10 heteroatoms. The molecule has 5 nitrogen and oxygen atoms in total. The van der Waals surface area contributed by atoms with Crippen molar-refractivity contribution in [1.82, 2.24) is 10.2 Å². The largest absolute Gasteiger partial charge is 0.442 e. The zero-order chi connectivity index (χ0) is 28.1. The summed E-state index contributed by atoms with van der Waals surface area (Å²) in [4.78, 5) is 15.1. The molecule has 1 N–H and O–H groups in total. The van der Waals surface area contributed by atoms with Crippen LogP contribution in [0.5, 0.6) is 0 Å². The lowest BCUT2D eigenvalue weighted by Gasteiger charge is -2.20. The summed E-state index contributed by atoms with van der Waals surface area (Å²) >= 11 is 0. The van der Waals surface area contributed by atoms with E-state index in [4.69, 9.17) is 4.74 Å². The number of benzene rings is 2. The number of nitrogens with one attached hydrogen (secondary N) is 1. The molecular weight excluding hydrogens is 505 g/mol. The fraction of sp³-hybridized carbons (Fsp3) is 0.321. The van der Waals surface area contributed by atoms with Gasteiger partial charge in [0.1, 0.15) is 11.9 Å².